The molecular weight excluding hydrogens is 753 g/mol. The van der Waals surface area contributed by atoms with Crippen LogP contribution >= 0.6 is 0 Å². The van der Waals surface area contributed by atoms with E-state index in [0.717, 1.165) is 33.7 Å². The molecule has 47 heavy (non-hydrogen) atoms. The molecule has 6 aromatic carbocycles. The normalized spacial score (nSPS) is 11.2. The third-order valence-electron chi connectivity index (χ3n) is 8.61. The second-order valence-corrected chi connectivity index (χ2v) is 11.2. The van der Waals surface area contributed by atoms with E-state index in [1.165, 1.54) is 38.1 Å². The molecule has 10 rings (SSSR count). The van der Waals surface area contributed by atoms with Gasteiger partial charge in [-0.15, -0.1) is 41.3 Å². The van der Waals surface area contributed by atoms with E-state index in [0.29, 0.717) is 0 Å². The van der Waals surface area contributed by atoms with Gasteiger partial charge in [0.2, 0.25) is 0 Å². The van der Waals surface area contributed by atoms with Gasteiger partial charge in [-0.3, -0.25) is 4.57 Å². The molecule has 5 heteroatoms. The zero-order valence-corrected chi connectivity index (χ0v) is 27.5. The average molecular weight is 779 g/mol. The van der Waals surface area contributed by atoms with Gasteiger partial charge in [0.1, 0.15) is 0 Å². The second-order valence-electron chi connectivity index (χ2n) is 11.2. The van der Waals surface area contributed by atoms with Crippen LogP contribution in [0.1, 0.15) is 0 Å². The number of pyridine rings is 1. The quantitative estimate of drug-likeness (QED) is 0.130. The van der Waals surface area contributed by atoms with Crippen LogP contribution < -0.4 is 4.57 Å². The van der Waals surface area contributed by atoms with Crippen molar-refractivity contribution in [1.82, 2.24) is 14.0 Å². The third kappa shape index (κ3) is 4.71. The van der Waals surface area contributed by atoms with Crippen LogP contribution in [0.3, 0.4) is 0 Å². The number of hydrogen-bond acceptors (Lipinski definition) is 1. The fourth-order valence-corrected chi connectivity index (χ4v) is 6.61. The van der Waals surface area contributed by atoms with E-state index in [4.69, 9.17) is 0 Å². The van der Waals surface area contributed by atoms with E-state index in [2.05, 4.69) is 140 Å². The number of rotatable bonds is 3. The Morgan fingerprint density at radius 2 is 1.26 bits per heavy atom. The molecular formula is C42H26IrN4+. The first-order valence-electron chi connectivity index (χ1n) is 15.3. The van der Waals surface area contributed by atoms with Crippen molar-refractivity contribution in [1.29, 1.82) is 0 Å². The Bertz CT molecular complexity index is 2590. The number of nitrogens with zero attached hydrogens (tertiary/aromatic N) is 4. The van der Waals surface area contributed by atoms with Crippen LogP contribution in [-0.4, -0.2) is 14.0 Å². The van der Waals surface area contributed by atoms with Gasteiger partial charge in [0.05, 0.1) is 16.7 Å². The summed E-state index contributed by atoms with van der Waals surface area (Å²) in [4.78, 5) is 4.22. The summed E-state index contributed by atoms with van der Waals surface area (Å²) in [6.45, 7) is 0. The SMILES string of the molecule is [Ir+3].[c-]1cc2c3ccccc3n3c4ccccc4c(c1-n1[c-][n+](-c4ccccc4)c4ccccc41)c23.[c-]1ccccc1-c1ccccn1. The van der Waals surface area contributed by atoms with Gasteiger partial charge in [0.25, 0.3) is 6.33 Å². The molecule has 4 heterocycles. The molecule has 0 unspecified atom stereocenters. The number of aromatic nitrogens is 4. The first-order valence-corrected chi connectivity index (χ1v) is 15.3. The van der Waals surface area contributed by atoms with Crippen molar-refractivity contribution in [2.24, 2.45) is 0 Å². The topological polar surface area (TPSA) is 26.1 Å². The molecule has 0 N–H and O–H groups in total. The Balaban J connectivity index is 0.000000212. The minimum Gasteiger partial charge on any atom is -0.334 e. The van der Waals surface area contributed by atoms with Crippen LogP contribution in [0.5, 0.6) is 0 Å². The van der Waals surface area contributed by atoms with Gasteiger partial charge in [-0.05, 0) is 47.1 Å². The van der Waals surface area contributed by atoms with Gasteiger partial charge in [0, 0.05) is 17.2 Å². The molecule has 0 saturated carbocycles. The van der Waals surface area contributed by atoms with Gasteiger partial charge < -0.3 is 14.0 Å². The van der Waals surface area contributed by atoms with Gasteiger partial charge in [-0.25, -0.2) is 0 Å². The monoisotopic (exact) mass is 779 g/mol. The third-order valence-corrected chi connectivity index (χ3v) is 8.61. The minimum absolute atomic E-state index is 0. The average Bonchev–Trinajstić information content (AvgIpc) is 3.81. The van der Waals surface area contributed by atoms with Crippen molar-refractivity contribution in [3.8, 4) is 22.6 Å². The fourth-order valence-electron chi connectivity index (χ4n) is 6.61. The Morgan fingerprint density at radius 3 is 2.02 bits per heavy atom. The maximum absolute atomic E-state index is 4.22. The van der Waals surface area contributed by atoms with Crippen LogP contribution in [0.25, 0.3) is 71.8 Å². The zero-order valence-electron chi connectivity index (χ0n) is 25.1. The summed E-state index contributed by atoms with van der Waals surface area (Å²) in [6.07, 6.45) is 5.43. The Hall–Kier alpha value is -5.61. The summed E-state index contributed by atoms with van der Waals surface area (Å²) in [6, 6.07) is 58.8. The maximum atomic E-state index is 4.22. The van der Waals surface area contributed by atoms with Gasteiger partial charge in [0.15, 0.2) is 0 Å². The number of imidazole rings is 1. The summed E-state index contributed by atoms with van der Waals surface area (Å²) in [5, 5.41) is 4.94. The first-order chi connectivity index (χ1) is 22.9. The maximum Gasteiger partial charge on any atom is 3.00 e. The molecule has 0 atom stereocenters. The van der Waals surface area contributed by atoms with E-state index in [-0.39, 0.29) is 20.1 Å². The molecule has 0 amide bonds. The molecule has 0 aliphatic carbocycles. The molecule has 10 aromatic rings. The van der Waals surface area contributed by atoms with Crippen molar-refractivity contribution in [3.05, 3.63) is 176 Å². The molecule has 4 nitrogen and oxygen atoms in total. The molecule has 0 radical (unpaired) electrons. The molecule has 0 spiro atoms. The van der Waals surface area contributed by atoms with Crippen LogP contribution in [0, 0.1) is 18.5 Å². The van der Waals surface area contributed by atoms with Gasteiger partial charge in [-0.1, -0.05) is 107 Å². The van der Waals surface area contributed by atoms with E-state index >= 15 is 0 Å². The molecule has 0 aliphatic rings. The Morgan fingerprint density at radius 1 is 0.574 bits per heavy atom. The van der Waals surface area contributed by atoms with Crippen LogP contribution in [0.15, 0.2) is 158 Å². The van der Waals surface area contributed by atoms with E-state index < -0.39 is 0 Å². The fraction of sp³-hybridized carbons (Fsp3) is 0. The van der Waals surface area contributed by atoms with Crippen molar-refractivity contribution >= 4 is 49.1 Å². The van der Waals surface area contributed by atoms with Gasteiger partial charge >= 0.3 is 20.1 Å². The number of fused-ring (bicyclic) bond motifs is 7. The molecule has 0 bridgehead atoms. The molecule has 0 fully saturated rings. The van der Waals surface area contributed by atoms with E-state index in [1.807, 2.05) is 48.5 Å². The summed E-state index contributed by atoms with van der Waals surface area (Å²) >= 11 is 0. The van der Waals surface area contributed by atoms with Crippen LogP contribution in [0.2, 0.25) is 0 Å². The second kappa shape index (κ2) is 12.0. The Kier molecular flexibility index (Phi) is 7.34. The van der Waals surface area contributed by atoms with Crippen LogP contribution in [-0.2, 0) is 20.1 Å². The Labute approximate surface area is 285 Å². The van der Waals surface area contributed by atoms with Gasteiger partial charge in [-0.2, -0.15) is 12.1 Å². The predicted octanol–water partition coefficient (Wildman–Crippen LogP) is 9.20. The molecule has 0 saturated heterocycles. The van der Waals surface area contributed by atoms with Crippen LogP contribution in [0.4, 0.5) is 0 Å². The summed E-state index contributed by atoms with van der Waals surface area (Å²) in [5.41, 5.74) is 10.0. The predicted molar refractivity (Wildman–Crippen MR) is 186 cm³/mol. The van der Waals surface area contributed by atoms with E-state index in [9.17, 15) is 0 Å². The minimum atomic E-state index is 0. The number of para-hydroxylation sites is 5. The summed E-state index contributed by atoms with van der Waals surface area (Å²) < 4.78 is 6.71. The van der Waals surface area contributed by atoms with Crippen molar-refractivity contribution in [2.45, 2.75) is 0 Å². The smallest absolute Gasteiger partial charge is 0.334 e. The van der Waals surface area contributed by atoms with E-state index in [1.54, 1.807) is 6.20 Å². The summed E-state index contributed by atoms with van der Waals surface area (Å²) in [7, 11) is 0. The summed E-state index contributed by atoms with van der Waals surface area (Å²) in [5.74, 6) is 0. The molecule has 0 aliphatic heterocycles. The van der Waals surface area contributed by atoms with Crippen molar-refractivity contribution in [2.75, 3.05) is 0 Å². The molecule has 222 valence electrons. The first kappa shape index (κ1) is 28.8. The number of hydrogen-bond donors (Lipinski definition) is 0. The standard InChI is InChI=1S/C31H18N3.C11H8N.Ir/c1-2-10-21(11-3-1)32-20-33(28-17-9-8-16-27(28)32)29-19-18-23-22-12-4-6-14-25(22)34-26-15-7-5-13-24(26)30(29)31(23)34;1-2-6-10(7-3-1)11-8-4-5-9-12-11;/h1-18H;1-6,8-9H;/q2*-1;+3. The largest absolute Gasteiger partial charge is 3.00 e. The van der Waals surface area contributed by atoms with Crippen molar-refractivity contribution in [3.63, 3.8) is 0 Å². The molecule has 4 aromatic heterocycles. The number of benzene rings is 6. The van der Waals surface area contributed by atoms with Crippen molar-refractivity contribution < 1.29 is 24.7 Å². The zero-order chi connectivity index (χ0) is 30.5.